The van der Waals surface area contributed by atoms with E-state index in [-0.39, 0.29) is 11.6 Å². The van der Waals surface area contributed by atoms with E-state index >= 15 is 0 Å². The highest BCUT2D eigenvalue weighted by Crippen LogP contribution is 2.45. The smallest absolute Gasteiger partial charge is 0.0971 e. The molecule has 2 aliphatic rings. The van der Waals surface area contributed by atoms with E-state index in [1.54, 1.807) is 0 Å². The van der Waals surface area contributed by atoms with Crippen molar-refractivity contribution in [1.82, 2.24) is 5.32 Å². The van der Waals surface area contributed by atoms with Crippen molar-refractivity contribution in [1.29, 1.82) is 0 Å². The van der Waals surface area contributed by atoms with Gasteiger partial charge in [-0.15, -0.1) is 0 Å². The molecule has 0 aliphatic carbocycles. The molecule has 1 aromatic carbocycles. The van der Waals surface area contributed by atoms with Crippen LogP contribution in [0.2, 0.25) is 0 Å². The first-order valence-electron chi connectivity index (χ1n) is 5.81. The van der Waals surface area contributed by atoms with Gasteiger partial charge in [-0.3, -0.25) is 0 Å². The average molecular weight is 203 g/mol. The number of fused-ring (bicyclic) bond motifs is 2. The summed E-state index contributed by atoms with van der Waals surface area (Å²) < 4.78 is 0. The maximum atomic E-state index is 10.4. The lowest BCUT2D eigenvalue weighted by atomic mass is 9.81. The third-order valence-electron chi connectivity index (χ3n) is 4.01. The number of hydrogen-bond donors (Lipinski definition) is 2. The Hall–Kier alpha value is -0.860. The highest BCUT2D eigenvalue weighted by atomic mass is 16.3. The second kappa shape index (κ2) is 3.32. The van der Waals surface area contributed by atoms with Gasteiger partial charge in [0, 0.05) is 11.6 Å². The fourth-order valence-electron chi connectivity index (χ4n) is 3.13. The monoisotopic (exact) mass is 203 g/mol. The molecular weight excluding hydrogens is 186 g/mol. The SMILES string of the molecule is OC(c1ccccc1)C12CCC(CC1)N2. The molecule has 2 bridgehead atoms. The average Bonchev–Trinajstić information content (AvgIpc) is 2.90. The molecule has 1 unspecified atom stereocenters. The Kier molecular flexibility index (Phi) is 2.08. The fraction of sp³-hybridized carbons (Fsp3) is 0.538. The van der Waals surface area contributed by atoms with Crippen molar-refractivity contribution < 1.29 is 5.11 Å². The molecule has 0 radical (unpaired) electrons. The van der Waals surface area contributed by atoms with E-state index in [1.165, 1.54) is 12.8 Å². The Morgan fingerprint density at radius 2 is 1.87 bits per heavy atom. The van der Waals surface area contributed by atoms with Gasteiger partial charge >= 0.3 is 0 Å². The Morgan fingerprint density at radius 3 is 2.40 bits per heavy atom. The van der Waals surface area contributed by atoms with Crippen molar-refractivity contribution in [2.24, 2.45) is 0 Å². The van der Waals surface area contributed by atoms with Crippen LogP contribution >= 0.6 is 0 Å². The third kappa shape index (κ3) is 1.40. The number of aliphatic hydroxyl groups is 1. The van der Waals surface area contributed by atoms with Crippen LogP contribution in [0.5, 0.6) is 0 Å². The molecule has 1 aromatic rings. The first-order valence-corrected chi connectivity index (χ1v) is 5.81. The molecule has 0 spiro atoms. The van der Waals surface area contributed by atoms with E-state index in [0.717, 1.165) is 18.4 Å². The van der Waals surface area contributed by atoms with Crippen LogP contribution in [0, 0.1) is 0 Å². The summed E-state index contributed by atoms with van der Waals surface area (Å²) in [5, 5.41) is 14.0. The van der Waals surface area contributed by atoms with Crippen molar-refractivity contribution >= 4 is 0 Å². The van der Waals surface area contributed by atoms with Crippen molar-refractivity contribution in [3.63, 3.8) is 0 Å². The van der Waals surface area contributed by atoms with Gasteiger partial charge in [0.2, 0.25) is 0 Å². The van der Waals surface area contributed by atoms with Crippen LogP contribution in [0.4, 0.5) is 0 Å². The molecule has 2 heteroatoms. The highest BCUT2D eigenvalue weighted by Gasteiger charge is 2.49. The summed E-state index contributed by atoms with van der Waals surface area (Å²) >= 11 is 0. The van der Waals surface area contributed by atoms with Crippen LogP contribution in [0.25, 0.3) is 0 Å². The van der Waals surface area contributed by atoms with Crippen molar-refractivity contribution in [3.8, 4) is 0 Å². The van der Waals surface area contributed by atoms with Crippen LogP contribution in [-0.2, 0) is 0 Å². The molecule has 0 amide bonds. The topological polar surface area (TPSA) is 32.3 Å². The van der Waals surface area contributed by atoms with E-state index in [4.69, 9.17) is 0 Å². The van der Waals surface area contributed by atoms with Crippen molar-refractivity contribution in [2.75, 3.05) is 0 Å². The molecular formula is C13H17NO. The number of rotatable bonds is 2. The first kappa shape index (κ1) is 9.37. The van der Waals surface area contributed by atoms with Crippen LogP contribution in [-0.4, -0.2) is 16.7 Å². The van der Waals surface area contributed by atoms with Gasteiger partial charge in [0.25, 0.3) is 0 Å². The summed E-state index contributed by atoms with van der Waals surface area (Å²) in [6.45, 7) is 0. The van der Waals surface area contributed by atoms with Crippen LogP contribution in [0.3, 0.4) is 0 Å². The molecule has 80 valence electrons. The molecule has 0 saturated carbocycles. The molecule has 2 nitrogen and oxygen atoms in total. The van der Waals surface area contributed by atoms with Gasteiger partial charge in [0.15, 0.2) is 0 Å². The van der Waals surface area contributed by atoms with Crippen LogP contribution in [0.15, 0.2) is 30.3 Å². The highest BCUT2D eigenvalue weighted by molar-refractivity contribution is 5.24. The number of aliphatic hydroxyl groups excluding tert-OH is 1. The second-order valence-electron chi connectivity index (χ2n) is 4.89. The zero-order valence-electron chi connectivity index (χ0n) is 8.82. The number of benzene rings is 1. The number of nitrogens with one attached hydrogen (secondary N) is 1. The lowest BCUT2D eigenvalue weighted by molar-refractivity contribution is 0.0741. The third-order valence-corrected chi connectivity index (χ3v) is 4.01. The molecule has 3 rings (SSSR count). The summed E-state index contributed by atoms with van der Waals surface area (Å²) in [5.74, 6) is 0. The van der Waals surface area contributed by atoms with Gasteiger partial charge in [-0.05, 0) is 31.2 Å². The maximum Gasteiger partial charge on any atom is 0.0971 e. The van der Waals surface area contributed by atoms with E-state index in [9.17, 15) is 5.11 Å². The summed E-state index contributed by atoms with van der Waals surface area (Å²) in [7, 11) is 0. The predicted octanol–water partition coefficient (Wildman–Crippen LogP) is 2.00. The lowest BCUT2D eigenvalue weighted by Crippen LogP contribution is -2.42. The lowest BCUT2D eigenvalue weighted by Gasteiger charge is -2.32. The van der Waals surface area contributed by atoms with Crippen LogP contribution in [0.1, 0.15) is 37.4 Å². The number of hydrogen-bond acceptors (Lipinski definition) is 2. The van der Waals surface area contributed by atoms with Crippen molar-refractivity contribution in [3.05, 3.63) is 35.9 Å². The molecule has 2 aliphatic heterocycles. The Morgan fingerprint density at radius 1 is 1.20 bits per heavy atom. The summed E-state index contributed by atoms with van der Waals surface area (Å²) in [6.07, 6.45) is 4.35. The Labute approximate surface area is 90.3 Å². The van der Waals surface area contributed by atoms with E-state index in [2.05, 4.69) is 5.32 Å². The molecule has 0 aromatic heterocycles. The summed E-state index contributed by atoms with van der Waals surface area (Å²) in [4.78, 5) is 0. The molecule has 2 fully saturated rings. The maximum absolute atomic E-state index is 10.4. The van der Waals surface area contributed by atoms with Gasteiger partial charge in [0.1, 0.15) is 0 Å². The normalized spacial score (nSPS) is 35.7. The Balaban J connectivity index is 1.88. The van der Waals surface area contributed by atoms with E-state index in [1.807, 2.05) is 30.3 Å². The van der Waals surface area contributed by atoms with E-state index < -0.39 is 0 Å². The summed E-state index contributed by atoms with van der Waals surface area (Å²) in [5.41, 5.74) is 1.03. The second-order valence-corrected chi connectivity index (χ2v) is 4.89. The standard InChI is InChI=1S/C13H17NO/c15-12(10-4-2-1-3-5-10)13-8-6-11(14-13)7-9-13/h1-5,11-12,14-15H,6-9H2. The molecule has 2 saturated heterocycles. The minimum absolute atomic E-state index is 0.0218. The minimum Gasteiger partial charge on any atom is -0.386 e. The molecule has 1 atom stereocenters. The van der Waals surface area contributed by atoms with Crippen molar-refractivity contribution in [2.45, 2.75) is 43.4 Å². The van der Waals surface area contributed by atoms with Gasteiger partial charge in [0.05, 0.1) is 6.10 Å². The van der Waals surface area contributed by atoms with Gasteiger partial charge in [-0.2, -0.15) is 0 Å². The van der Waals surface area contributed by atoms with E-state index in [0.29, 0.717) is 6.04 Å². The largest absolute Gasteiger partial charge is 0.386 e. The fourth-order valence-corrected chi connectivity index (χ4v) is 3.13. The summed E-state index contributed by atoms with van der Waals surface area (Å²) in [6, 6.07) is 10.7. The van der Waals surface area contributed by atoms with Crippen LogP contribution < -0.4 is 5.32 Å². The first-order chi connectivity index (χ1) is 7.30. The zero-order chi connectivity index (χ0) is 10.3. The quantitative estimate of drug-likeness (QED) is 0.770. The van der Waals surface area contributed by atoms with Gasteiger partial charge < -0.3 is 10.4 Å². The Bertz CT molecular complexity index is 341. The zero-order valence-corrected chi connectivity index (χ0v) is 8.82. The minimum atomic E-state index is -0.341. The van der Waals surface area contributed by atoms with Gasteiger partial charge in [-0.25, -0.2) is 0 Å². The molecule has 15 heavy (non-hydrogen) atoms. The molecule has 2 N–H and O–H groups in total. The van der Waals surface area contributed by atoms with Gasteiger partial charge in [-0.1, -0.05) is 30.3 Å². The predicted molar refractivity (Wildman–Crippen MR) is 59.5 cm³/mol. The molecule has 2 heterocycles.